The van der Waals surface area contributed by atoms with Crippen molar-refractivity contribution in [2.45, 2.75) is 58.1 Å². The minimum absolute atomic E-state index is 0.0330. The number of methoxy groups -OCH3 is 1. The van der Waals surface area contributed by atoms with E-state index in [9.17, 15) is 14.4 Å². The van der Waals surface area contributed by atoms with Crippen LogP contribution in [0.4, 0.5) is 4.79 Å². The summed E-state index contributed by atoms with van der Waals surface area (Å²) in [6.45, 7) is 6.29. The molecule has 3 rings (SSSR count). The summed E-state index contributed by atoms with van der Waals surface area (Å²) < 4.78 is 10.0. The number of amides is 2. The molecule has 2 bridgehead atoms. The number of alkyl carbamates (subject to hydrolysis) is 1. The van der Waals surface area contributed by atoms with Gasteiger partial charge in [0.1, 0.15) is 5.60 Å². The predicted octanol–water partition coefficient (Wildman–Crippen LogP) is 1.70. The van der Waals surface area contributed by atoms with E-state index >= 15 is 0 Å². The average molecular weight is 340 g/mol. The topological polar surface area (TPSA) is 84.9 Å². The van der Waals surface area contributed by atoms with Gasteiger partial charge in [-0.05, 0) is 46.0 Å². The Morgan fingerprint density at radius 1 is 1.21 bits per heavy atom. The van der Waals surface area contributed by atoms with Gasteiger partial charge in [-0.1, -0.05) is 0 Å². The van der Waals surface area contributed by atoms with Gasteiger partial charge in [0.05, 0.1) is 13.0 Å². The van der Waals surface area contributed by atoms with Crippen molar-refractivity contribution >= 4 is 18.0 Å². The van der Waals surface area contributed by atoms with Crippen molar-refractivity contribution in [3.05, 3.63) is 0 Å². The third-order valence-corrected chi connectivity index (χ3v) is 4.61. The van der Waals surface area contributed by atoms with E-state index in [0.29, 0.717) is 12.5 Å². The minimum Gasteiger partial charge on any atom is -0.469 e. The molecule has 3 atom stereocenters. The Bertz CT molecular complexity index is 500. The smallest absolute Gasteiger partial charge is 0.407 e. The first-order valence-corrected chi connectivity index (χ1v) is 8.55. The lowest BCUT2D eigenvalue weighted by Crippen LogP contribution is -2.57. The van der Waals surface area contributed by atoms with E-state index in [0.717, 1.165) is 19.3 Å². The first kappa shape index (κ1) is 18.5. The second kappa shape index (κ2) is 7.40. The van der Waals surface area contributed by atoms with E-state index in [4.69, 9.17) is 9.47 Å². The third kappa shape index (κ3) is 4.61. The van der Waals surface area contributed by atoms with E-state index < -0.39 is 11.7 Å². The Labute approximate surface area is 143 Å². The number of rotatable bonds is 4. The van der Waals surface area contributed by atoms with Crippen molar-refractivity contribution < 1.29 is 23.9 Å². The summed E-state index contributed by atoms with van der Waals surface area (Å²) in [6, 6.07) is -0.0727. The SMILES string of the molecule is COC(=O)[C@H]1C[C@H]2CC[C@H]1N(C(=O)CCNC(=O)OC(C)(C)C)C2. The lowest BCUT2D eigenvalue weighted by molar-refractivity contribution is -0.158. The van der Waals surface area contributed by atoms with Crippen LogP contribution in [0.15, 0.2) is 0 Å². The van der Waals surface area contributed by atoms with Gasteiger partial charge in [0.15, 0.2) is 0 Å². The van der Waals surface area contributed by atoms with Gasteiger partial charge in [-0.2, -0.15) is 0 Å². The minimum atomic E-state index is -0.562. The van der Waals surface area contributed by atoms with Crippen molar-refractivity contribution in [1.82, 2.24) is 10.2 Å². The maximum Gasteiger partial charge on any atom is 0.407 e. The molecule has 7 nitrogen and oxygen atoms in total. The van der Waals surface area contributed by atoms with Gasteiger partial charge in [-0.3, -0.25) is 9.59 Å². The number of nitrogens with one attached hydrogen (secondary N) is 1. The third-order valence-electron chi connectivity index (χ3n) is 4.61. The molecule has 2 aliphatic heterocycles. The Morgan fingerprint density at radius 3 is 2.50 bits per heavy atom. The number of piperidine rings is 2. The Kier molecular flexibility index (Phi) is 5.72. The van der Waals surface area contributed by atoms with Crippen molar-refractivity contribution in [1.29, 1.82) is 0 Å². The van der Waals surface area contributed by atoms with Gasteiger partial charge in [0, 0.05) is 25.6 Å². The number of fused-ring (bicyclic) bond motifs is 3. The number of nitrogens with zero attached hydrogens (tertiary/aromatic N) is 1. The van der Waals surface area contributed by atoms with Crippen LogP contribution >= 0.6 is 0 Å². The number of hydrogen-bond donors (Lipinski definition) is 1. The number of hydrogen-bond acceptors (Lipinski definition) is 5. The fourth-order valence-electron chi connectivity index (χ4n) is 3.61. The Morgan fingerprint density at radius 2 is 1.92 bits per heavy atom. The lowest BCUT2D eigenvalue weighted by Gasteiger charge is -2.48. The molecule has 3 fully saturated rings. The van der Waals surface area contributed by atoms with Gasteiger partial charge in [-0.25, -0.2) is 4.79 Å². The summed E-state index contributed by atoms with van der Waals surface area (Å²) in [7, 11) is 1.39. The molecule has 7 heteroatoms. The van der Waals surface area contributed by atoms with Gasteiger partial charge in [-0.15, -0.1) is 0 Å². The first-order chi connectivity index (χ1) is 11.2. The number of carbonyl (C=O) groups is 3. The van der Waals surface area contributed by atoms with Crippen molar-refractivity contribution in [2.24, 2.45) is 11.8 Å². The molecule has 3 aliphatic rings. The summed E-state index contributed by atoms with van der Waals surface area (Å²) in [5.41, 5.74) is -0.562. The number of esters is 1. The maximum absolute atomic E-state index is 12.5. The van der Waals surface area contributed by atoms with Gasteiger partial charge < -0.3 is 19.7 Å². The fraction of sp³-hybridized carbons (Fsp3) is 0.824. The van der Waals surface area contributed by atoms with E-state index in [1.54, 1.807) is 25.7 Å². The predicted molar refractivity (Wildman–Crippen MR) is 87.2 cm³/mol. The highest BCUT2D eigenvalue weighted by molar-refractivity contribution is 5.80. The van der Waals surface area contributed by atoms with E-state index in [1.807, 2.05) is 0 Å². The van der Waals surface area contributed by atoms with Gasteiger partial charge in [0.2, 0.25) is 5.91 Å². The maximum atomic E-state index is 12.5. The number of ether oxygens (including phenoxy) is 2. The molecule has 136 valence electrons. The summed E-state index contributed by atoms with van der Waals surface area (Å²) in [6.07, 6.45) is 2.38. The monoisotopic (exact) mass is 340 g/mol. The normalized spacial score (nSPS) is 26.0. The van der Waals surface area contributed by atoms with Crippen LogP contribution in [-0.4, -0.2) is 54.7 Å². The van der Waals surface area contributed by atoms with Crippen LogP contribution in [0.1, 0.15) is 46.5 Å². The van der Waals surface area contributed by atoms with Crippen molar-refractivity contribution in [3.8, 4) is 0 Å². The summed E-state index contributed by atoms with van der Waals surface area (Å²) in [5, 5.41) is 2.60. The average Bonchev–Trinajstić information content (AvgIpc) is 2.52. The van der Waals surface area contributed by atoms with E-state index in [2.05, 4.69) is 5.32 Å². The number of carbonyl (C=O) groups excluding carboxylic acids is 3. The molecule has 2 heterocycles. The summed E-state index contributed by atoms with van der Waals surface area (Å²) >= 11 is 0. The van der Waals surface area contributed by atoms with Crippen LogP contribution in [0.2, 0.25) is 0 Å². The van der Waals surface area contributed by atoms with Crippen LogP contribution in [0.5, 0.6) is 0 Å². The fourth-order valence-corrected chi connectivity index (χ4v) is 3.61. The molecule has 0 spiro atoms. The molecule has 1 aliphatic carbocycles. The van der Waals surface area contributed by atoms with Crippen molar-refractivity contribution in [3.63, 3.8) is 0 Å². The summed E-state index contributed by atoms with van der Waals surface area (Å²) in [5.74, 6) is -0.115. The molecule has 24 heavy (non-hydrogen) atoms. The second-order valence-electron chi connectivity index (χ2n) is 7.60. The first-order valence-electron chi connectivity index (χ1n) is 8.55. The largest absolute Gasteiger partial charge is 0.469 e. The highest BCUT2D eigenvalue weighted by Crippen LogP contribution is 2.39. The van der Waals surface area contributed by atoms with Gasteiger partial charge >= 0.3 is 12.1 Å². The molecule has 1 saturated carbocycles. The molecule has 0 unspecified atom stereocenters. The van der Waals surface area contributed by atoms with Crippen LogP contribution < -0.4 is 5.32 Å². The highest BCUT2D eigenvalue weighted by atomic mass is 16.6. The zero-order valence-electron chi connectivity index (χ0n) is 15.0. The van der Waals surface area contributed by atoms with Crippen LogP contribution in [0.3, 0.4) is 0 Å². The zero-order chi connectivity index (χ0) is 17.9. The second-order valence-corrected chi connectivity index (χ2v) is 7.60. The molecule has 0 aromatic carbocycles. The van der Waals surface area contributed by atoms with Gasteiger partial charge in [0.25, 0.3) is 0 Å². The van der Waals surface area contributed by atoms with E-state index in [1.165, 1.54) is 7.11 Å². The van der Waals surface area contributed by atoms with Crippen LogP contribution in [-0.2, 0) is 19.1 Å². The zero-order valence-corrected chi connectivity index (χ0v) is 15.0. The molecule has 0 aromatic heterocycles. The lowest BCUT2D eigenvalue weighted by atomic mass is 9.72. The van der Waals surface area contributed by atoms with Crippen molar-refractivity contribution in [2.75, 3.05) is 20.2 Å². The molecular formula is C17H28N2O5. The molecule has 1 N–H and O–H groups in total. The Hall–Kier alpha value is -1.79. The molecule has 0 aromatic rings. The van der Waals surface area contributed by atoms with Crippen LogP contribution in [0.25, 0.3) is 0 Å². The van der Waals surface area contributed by atoms with Crippen LogP contribution in [0, 0.1) is 11.8 Å². The quantitative estimate of drug-likeness (QED) is 0.788. The highest BCUT2D eigenvalue weighted by Gasteiger charge is 2.46. The van der Waals surface area contributed by atoms with E-state index in [-0.39, 0.29) is 36.8 Å². The molecular weight excluding hydrogens is 312 g/mol. The Balaban J connectivity index is 1.84. The molecule has 2 amide bonds. The molecule has 2 saturated heterocycles. The standard InChI is InChI=1S/C17H28N2O5/c1-17(2,3)24-16(22)18-8-7-14(20)19-10-11-5-6-13(19)12(9-11)15(21)23-4/h11-13H,5-10H2,1-4H3,(H,18,22)/t11-,12+,13-/m1/s1. The summed E-state index contributed by atoms with van der Waals surface area (Å²) in [4.78, 5) is 37.8. The molecule has 0 radical (unpaired) electrons.